The van der Waals surface area contributed by atoms with Crippen LogP contribution in [0.3, 0.4) is 0 Å². The molecule has 102 valence electrons. The van der Waals surface area contributed by atoms with Crippen LogP contribution in [0.4, 0.5) is 15.8 Å². The Labute approximate surface area is 116 Å². The van der Waals surface area contributed by atoms with Gasteiger partial charge in [0.2, 0.25) is 0 Å². The first-order valence-electron chi connectivity index (χ1n) is 6.61. The molecule has 3 rings (SSSR count). The van der Waals surface area contributed by atoms with Crippen LogP contribution in [0.25, 0.3) is 0 Å². The smallest absolute Gasteiger partial charge is 0.255 e. The summed E-state index contributed by atoms with van der Waals surface area (Å²) in [6, 6.07) is 9.98. The van der Waals surface area contributed by atoms with Crippen molar-refractivity contribution in [1.29, 1.82) is 0 Å². The lowest BCUT2D eigenvalue weighted by atomic mass is 10.1. The number of fused-ring (bicyclic) bond motifs is 1. The second-order valence-corrected chi connectivity index (χ2v) is 5.03. The van der Waals surface area contributed by atoms with Gasteiger partial charge in [0, 0.05) is 11.3 Å². The summed E-state index contributed by atoms with van der Waals surface area (Å²) in [5, 5.41) is 2.79. The van der Waals surface area contributed by atoms with Crippen LogP contribution in [0.15, 0.2) is 36.4 Å². The average molecular weight is 270 g/mol. The zero-order valence-corrected chi connectivity index (χ0v) is 10.9. The number of hydrogen-bond acceptors (Lipinski definition) is 2. The standard InChI is InChI=1S/C16H15FN2O/c17-14-9-12(5-7-15(14)18)16(20)19-13-6-4-10-2-1-3-11(10)8-13/h4-9H,1-3,18H2,(H,19,20). The molecule has 0 spiro atoms. The summed E-state index contributed by atoms with van der Waals surface area (Å²) >= 11 is 0. The molecule has 3 N–H and O–H groups in total. The molecule has 1 amide bonds. The molecule has 0 bridgehead atoms. The Hall–Kier alpha value is -2.36. The van der Waals surface area contributed by atoms with Crippen molar-refractivity contribution >= 4 is 17.3 Å². The van der Waals surface area contributed by atoms with Crippen LogP contribution in [-0.2, 0) is 12.8 Å². The molecule has 0 saturated carbocycles. The van der Waals surface area contributed by atoms with E-state index >= 15 is 0 Å². The lowest BCUT2D eigenvalue weighted by Gasteiger charge is -2.08. The highest BCUT2D eigenvalue weighted by atomic mass is 19.1. The van der Waals surface area contributed by atoms with Crippen LogP contribution in [0, 0.1) is 5.82 Å². The van der Waals surface area contributed by atoms with E-state index in [1.165, 1.54) is 23.3 Å². The minimum Gasteiger partial charge on any atom is -0.396 e. The lowest BCUT2D eigenvalue weighted by Crippen LogP contribution is -2.12. The van der Waals surface area contributed by atoms with E-state index in [0.717, 1.165) is 31.0 Å². The molecular weight excluding hydrogens is 255 g/mol. The van der Waals surface area contributed by atoms with Crippen LogP contribution in [0.5, 0.6) is 0 Å². The van der Waals surface area contributed by atoms with Crippen molar-refractivity contribution < 1.29 is 9.18 Å². The number of nitrogens with one attached hydrogen (secondary N) is 1. The third kappa shape index (κ3) is 2.37. The van der Waals surface area contributed by atoms with Crippen molar-refractivity contribution in [2.45, 2.75) is 19.3 Å². The molecule has 2 aromatic carbocycles. The van der Waals surface area contributed by atoms with Gasteiger partial charge in [-0.25, -0.2) is 4.39 Å². The van der Waals surface area contributed by atoms with E-state index in [2.05, 4.69) is 5.32 Å². The Morgan fingerprint density at radius 3 is 2.70 bits per heavy atom. The molecule has 3 nitrogen and oxygen atoms in total. The molecule has 1 aliphatic rings. The van der Waals surface area contributed by atoms with Crippen molar-refractivity contribution in [2.75, 3.05) is 11.1 Å². The number of carbonyl (C=O) groups is 1. The summed E-state index contributed by atoms with van der Waals surface area (Å²) in [6.45, 7) is 0. The van der Waals surface area contributed by atoms with Gasteiger partial charge in [-0.05, 0) is 60.7 Å². The van der Waals surface area contributed by atoms with E-state index in [9.17, 15) is 9.18 Å². The minimum atomic E-state index is -0.577. The van der Waals surface area contributed by atoms with E-state index in [4.69, 9.17) is 5.73 Å². The Bertz CT molecular complexity index is 682. The third-order valence-corrected chi connectivity index (χ3v) is 3.62. The number of anilines is 2. The van der Waals surface area contributed by atoms with Crippen LogP contribution in [0.2, 0.25) is 0 Å². The average Bonchev–Trinajstić information content (AvgIpc) is 2.89. The van der Waals surface area contributed by atoms with Gasteiger partial charge in [-0.15, -0.1) is 0 Å². The number of amides is 1. The third-order valence-electron chi connectivity index (χ3n) is 3.62. The van der Waals surface area contributed by atoms with Gasteiger partial charge in [-0.3, -0.25) is 4.79 Å². The second-order valence-electron chi connectivity index (χ2n) is 5.03. The summed E-state index contributed by atoms with van der Waals surface area (Å²) in [5.41, 5.74) is 9.07. The molecule has 0 atom stereocenters. The molecule has 0 saturated heterocycles. The van der Waals surface area contributed by atoms with E-state index in [1.807, 2.05) is 18.2 Å². The van der Waals surface area contributed by atoms with Crippen LogP contribution < -0.4 is 11.1 Å². The molecule has 0 radical (unpaired) electrons. The number of hydrogen-bond donors (Lipinski definition) is 2. The first kappa shape index (κ1) is 12.7. The first-order valence-corrected chi connectivity index (χ1v) is 6.61. The van der Waals surface area contributed by atoms with Gasteiger partial charge in [0.1, 0.15) is 5.82 Å². The number of halogens is 1. The Balaban J connectivity index is 1.80. The van der Waals surface area contributed by atoms with Crippen molar-refractivity contribution in [1.82, 2.24) is 0 Å². The van der Waals surface area contributed by atoms with Gasteiger partial charge in [0.15, 0.2) is 0 Å². The number of rotatable bonds is 2. The van der Waals surface area contributed by atoms with Gasteiger partial charge in [-0.1, -0.05) is 6.07 Å². The van der Waals surface area contributed by atoms with Gasteiger partial charge in [0.05, 0.1) is 5.69 Å². The molecule has 4 heteroatoms. The van der Waals surface area contributed by atoms with Gasteiger partial charge < -0.3 is 11.1 Å². The number of nitrogens with two attached hydrogens (primary N) is 1. The Morgan fingerprint density at radius 1 is 1.10 bits per heavy atom. The number of benzene rings is 2. The maximum atomic E-state index is 13.4. The van der Waals surface area contributed by atoms with Gasteiger partial charge in [-0.2, -0.15) is 0 Å². The molecule has 0 unspecified atom stereocenters. The van der Waals surface area contributed by atoms with Crippen LogP contribution in [-0.4, -0.2) is 5.91 Å². The summed E-state index contributed by atoms with van der Waals surface area (Å²) in [6.07, 6.45) is 3.32. The van der Waals surface area contributed by atoms with E-state index in [-0.39, 0.29) is 17.2 Å². The summed E-state index contributed by atoms with van der Waals surface area (Å²) in [5.74, 6) is -0.909. The predicted octanol–water partition coefficient (Wildman–Crippen LogP) is 3.15. The maximum absolute atomic E-state index is 13.4. The van der Waals surface area contributed by atoms with E-state index < -0.39 is 5.82 Å². The fraction of sp³-hybridized carbons (Fsp3) is 0.188. The fourth-order valence-electron chi connectivity index (χ4n) is 2.52. The predicted molar refractivity (Wildman–Crippen MR) is 77.2 cm³/mol. The highest BCUT2D eigenvalue weighted by molar-refractivity contribution is 6.04. The molecule has 0 fully saturated rings. The molecule has 0 heterocycles. The quantitative estimate of drug-likeness (QED) is 0.824. The normalized spacial score (nSPS) is 13.1. The van der Waals surface area contributed by atoms with Crippen LogP contribution >= 0.6 is 0 Å². The van der Waals surface area contributed by atoms with Crippen molar-refractivity contribution in [3.8, 4) is 0 Å². The van der Waals surface area contributed by atoms with Crippen molar-refractivity contribution in [3.05, 3.63) is 58.9 Å². The Kier molecular flexibility index (Phi) is 3.14. The largest absolute Gasteiger partial charge is 0.396 e. The fourth-order valence-corrected chi connectivity index (χ4v) is 2.52. The SMILES string of the molecule is Nc1ccc(C(=O)Nc2ccc3c(c2)CCC3)cc1F. The minimum absolute atomic E-state index is 0.0408. The number of carbonyl (C=O) groups excluding carboxylic acids is 1. The maximum Gasteiger partial charge on any atom is 0.255 e. The first-order chi connectivity index (χ1) is 9.63. The highest BCUT2D eigenvalue weighted by Crippen LogP contribution is 2.25. The summed E-state index contributed by atoms with van der Waals surface area (Å²) in [7, 11) is 0. The molecule has 2 aromatic rings. The molecule has 0 aromatic heterocycles. The molecular formula is C16H15FN2O. The van der Waals surface area contributed by atoms with Crippen molar-refractivity contribution in [3.63, 3.8) is 0 Å². The van der Waals surface area contributed by atoms with E-state index in [1.54, 1.807) is 0 Å². The van der Waals surface area contributed by atoms with Gasteiger partial charge >= 0.3 is 0 Å². The Morgan fingerprint density at radius 2 is 1.90 bits per heavy atom. The molecule has 1 aliphatic carbocycles. The molecule has 0 aliphatic heterocycles. The molecule has 20 heavy (non-hydrogen) atoms. The van der Waals surface area contributed by atoms with E-state index in [0.29, 0.717) is 0 Å². The second kappa shape index (κ2) is 4.96. The lowest BCUT2D eigenvalue weighted by molar-refractivity contribution is 0.102. The topological polar surface area (TPSA) is 55.1 Å². The number of nitrogen functional groups attached to an aromatic ring is 1. The van der Waals surface area contributed by atoms with Gasteiger partial charge in [0.25, 0.3) is 5.91 Å². The van der Waals surface area contributed by atoms with Crippen LogP contribution in [0.1, 0.15) is 27.9 Å². The zero-order chi connectivity index (χ0) is 14.1. The summed E-state index contributed by atoms with van der Waals surface area (Å²) in [4.78, 5) is 12.1. The highest BCUT2D eigenvalue weighted by Gasteiger charge is 2.13. The monoisotopic (exact) mass is 270 g/mol. The summed E-state index contributed by atoms with van der Waals surface area (Å²) < 4.78 is 13.4. The zero-order valence-electron chi connectivity index (χ0n) is 10.9. The number of aryl methyl sites for hydroxylation is 2. The van der Waals surface area contributed by atoms with Crippen molar-refractivity contribution in [2.24, 2.45) is 0 Å².